The molecular formula is C12H22N2O2. The van der Waals surface area contributed by atoms with Gasteiger partial charge in [0.15, 0.2) is 0 Å². The van der Waals surface area contributed by atoms with E-state index in [0.29, 0.717) is 6.04 Å². The molecular weight excluding hydrogens is 204 g/mol. The molecule has 1 amide bonds. The molecule has 92 valence electrons. The molecule has 2 aliphatic heterocycles. The van der Waals surface area contributed by atoms with Crippen LogP contribution in [0, 0.1) is 0 Å². The fourth-order valence-electron chi connectivity index (χ4n) is 2.57. The van der Waals surface area contributed by atoms with Crippen LogP contribution in [-0.2, 0) is 9.53 Å². The number of rotatable bonds is 2. The maximum atomic E-state index is 12.1. The van der Waals surface area contributed by atoms with Gasteiger partial charge in [0, 0.05) is 19.7 Å². The van der Waals surface area contributed by atoms with Crippen LogP contribution in [0.15, 0.2) is 0 Å². The summed E-state index contributed by atoms with van der Waals surface area (Å²) in [6.45, 7) is 2.85. The second-order valence-corrected chi connectivity index (χ2v) is 4.79. The summed E-state index contributed by atoms with van der Waals surface area (Å²) in [4.78, 5) is 14.1. The van der Waals surface area contributed by atoms with Gasteiger partial charge in [0.1, 0.15) is 6.10 Å². The number of likely N-dealkylation sites (N-methyl/N-ethyl adjacent to an activating group) is 1. The van der Waals surface area contributed by atoms with E-state index in [1.165, 1.54) is 0 Å². The number of amides is 1. The Hall–Kier alpha value is -0.610. The molecule has 0 aliphatic carbocycles. The van der Waals surface area contributed by atoms with Crippen LogP contribution in [-0.4, -0.2) is 49.7 Å². The van der Waals surface area contributed by atoms with Gasteiger partial charge in [-0.1, -0.05) is 0 Å². The average molecular weight is 226 g/mol. The minimum Gasteiger partial charge on any atom is -0.368 e. The van der Waals surface area contributed by atoms with E-state index in [9.17, 15) is 4.79 Å². The number of nitrogens with one attached hydrogen (secondary N) is 1. The first-order valence-electron chi connectivity index (χ1n) is 6.38. The molecule has 0 aromatic heterocycles. The molecule has 16 heavy (non-hydrogen) atoms. The number of ether oxygens (including phenoxy) is 1. The quantitative estimate of drug-likeness (QED) is 0.756. The molecule has 4 heteroatoms. The number of carbonyl (C=O) groups excluding carboxylic acids is 1. The summed E-state index contributed by atoms with van der Waals surface area (Å²) < 4.78 is 5.45. The number of hydrogen-bond donors (Lipinski definition) is 1. The minimum atomic E-state index is -0.166. The highest BCUT2D eigenvalue weighted by Crippen LogP contribution is 2.18. The number of nitrogens with zero attached hydrogens (tertiary/aromatic N) is 1. The highest BCUT2D eigenvalue weighted by Gasteiger charge is 2.30. The van der Waals surface area contributed by atoms with Gasteiger partial charge in [-0.05, 0) is 45.2 Å². The predicted octanol–water partition coefficient (Wildman–Crippen LogP) is 0.766. The maximum absolute atomic E-state index is 12.1. The largest absolute Gasteiger partial charge is 0.368 e. The van der Waals surface area contributed by atoms with Crippen LogP contribution < -0.4 is 5.32 Å². The molecule has 0 spiro atoms. The van der Waals surface area contributed by atoms with Crippen LogP contribution in [0.4, 0.5) is 0 Å². The second-order valence-electron chi connectivity index (χ2n) is 4.79. The Morgan fingerprint density at radius 1 is 1.25 bits per heavy atom. The lowest BCUT2D eigenvalue weighted by Gasteiger charge is -2.29. The maximum Gasteiger partial charge on any atom is 0.251 e. The van der Waals surface area contributed by atoms with Crippen molar-refractivity contribution in [2.24, 2.45) is 0 Å². The zero-order valence-corrected chi connectivity index (χ0v) is 10.1. The monoisotopic (exact) mass is 226 g/mol. The first-order chi connectivity index (χ1) is 7.79. The predicted molar refractivity (Wildman–Crippen MR) is 62.3 cm³/mol. The van der Waals surface area contributed by atoms with Gasteiger partial charge >= 0.3 is 0 Å². The van der Waals surface area contributed by atoms with Crippen molar-refractivity contribution in [3.05, 3.63) is 0 Å². The molecule has 0 bridgehead atoms. The first kappa shape index (κ1) is 11.9. The number of carbonyl (C=O) groups is 1. The van der Waals surface area contributed by atoms with E-state index in [0.717, 1.165) is 51.8 Å². The Balaban J connectivity index is 1.88. The fraction of sp³-hybridized carbons (Fsp3) is 0.917. The van der Waals surface area contributed by atoms with Crippen LogP contribution in [0.25, 0.3) is 0 Å². The Morgan fingerprint density at radius 2 is 2.12 bits per heavy atom. The second kappa shape index (κ2) is 5.64. The standard InChI is InChI=1S/C12H22N2O2/c1-14(10-4-2-7-13-8-6-10)12(15)11-5-3-9-16-11/h10-11,13H,2-9H2,1H3. The van der Waals surface area contributed by atoms with Crippen molar-refractivity contribution in [1.29, 1.82) is 0 Å². The lowest BCUT2D eigenvalue weighted by molar-refractivity contribution is -0.141. The van der Waals surface area contributed by atoms with E-state index >= 15 is 0 Å². The smallest absolute Gasteiger partial charge is 0.251 e. The van der Waals surface area contributed by atoms with Crippen LogP contribution >= 0.6 is 0 Å². The molecule has 0 aromatic carbocycles. The van der Waals surface area contributed by atoms with Gasteiger partial charge in [0.05, 0.1) is 0 Å². The van der Waals surface area contributed by atoms with E-state index < -0.39 is 0 Å². The molecule has 2 saturated heterocycles. The lowest BCUT2D eigenvalue weighted by atomic mass is 10.1. The van der Waals surface area contributed by atoms with Crippen molar-refractivity contribution in [3.8, 4) is 0 Å². The zero-order valence-electron chi connectivity index (χ0n) is 10.1. The number of hydrogen-bond acceptors (Lipinski definition) is 3. The van der Waals surface area contributed by atoms with Crippen molar-refractivity contribution in [2.45, 2.75) is 44.2 Å². The van der Waals surface area contributed by atoms with E-state index in [1.54, 1.807) is 0 Å². The van der Waals surface area contributed by atoms with Gasteiger partial charge < -0.3 is 15.0 Å². The summed E-state index contributed by atoms with van der Waals surface area (Å²) in [5.74, 6) is 0.185. The zero-order chi connectivity index (χ0) is 11.4. The van der Waals surface area contributed by atoms with Crippen LogP contribution in [0.2, 0.25) is 0 Å². The molecule has 2 rings (SSSR count). The van der Waals surface area contributed by atoms with E-state index in [1.807, 2.05) is 11.9 Å². The van der Waals surface area contributed by atoms with Crippen LogP contribution in [0.3, 0.4) is 0 Å². The van der Waals surface area contributed by atoms with Gasteiger partial charge in [0.2, 0.25) is 0 Å². The fourth-order valence-corrected chi connectivity index (χ4v) is 2.57. The Bertz CT molecular complexity index is 231. The van der Waals surface area contributed by atoms with Crippen molar-refractivity contribution in [1.82, 2.24) is 10.2 Å². The summed E-state index contributed by atoms with van der Waals surface area (Å²) >= 11 is 0. The molecule has 2 heterocycles. The Kier molecular flexibility index (Phi) is 4.18. The van der Waals surface area contributed by atoms with Gasteiger partial charge in [-0.15, -0.1) is 0 Å². The van der Waals surface area contributed by atoms with Gasteiger partial charge in [-0.25, -0.2) is 0 Å². The molecule has 1 N–H and O–H groups in total. The lowest BCUT2D eigenvalue weighted by Crippen LogP contribution is -2.43. The summed E-state index contributed by atoms with van der Waals surface area (Å²) in [6.07, 6.45) is 5.09. The van der Waals surface area contributed by atoms with Crippen LogP contribution in [0.5, 0.6) is 0 Å². The van der Waals surface area contributed by atoms with Crippen molar-refractivity contribution in [2.75, 3.05) is 26.7 Å². The highest BCUT2D eigenvalue weighted by molar-refractivity contribution is 5.81. The molecule has 4 nitrogen and oxygen atoms in total. The molecule has 0 radical (unpaired) electrons. The molecule has 2 unspecified atom stereocenters. The normalized spacial score (nSPS) is 31.1. The SMILES string of the molecule is CN(C(=O)C1CCCO1)C1CCCNCC1. The van der Waals surface area contributed by atoms with Gasteiger partial charge in [-0.2, -0.15) is 0 Å². The van der Waals surface area contributed by atoms with E-state index in [4.69, 9.17) is 4.74 Å². The minimum absolute atomic E-state index is 0.166. The van der Waals surface area contributed by atoms with Gasteiger partial charge in [0.25, 0.3) is 5.91 Å². The first-order valence-corrected chi connectivity index (χ1v) is 6.38. The third-order valence-electron chi connectivity index (χ3n) is 3.65. The molecule has 2 aliphatic rings. The van der Waals surface area contributed by atoms with Crippen LogP contribution in [0.1, 0.15) is 32.1 Å². The highest BCUT2D eigenvalue weighted by atomic mass is 16.5. The summed E-state index contributed by atoms with van der Waals surface area (Å²) in [6, 6.07) is 0.395. The topological polar surface area (TPSA) is 41.6 Å². The summed E-state index contributed by atoms with van der Waals surface area (Å²) in [5, 5.41) is 3.37. The van der Waals surface area contributed by atoms with E-state index in [-0.39, 0.29) is 12.0 Å². The van der Waals surface area contributed by atoms with Gasteiger partial charge in [-0.3, -0.25) is 4.79 Å². The molecule has 2 atom stereocenters. The molecule has 0 saturated carbocycles. The third kappa shape index (κ3) is 2.74. The Labute approximate surface area is 97.3 Å². The average Bonchev–Trinajstić information content (AvgIpc) is 2.70. The third-order valence-corrected chi connectivity index (χ3v) is 3.65. The Morgan fingerprint density at radius 3 is 2.88 bits per heavy atom. The van der Waals surface area contributed by atoms with Crippen molar-refractivity contribution in [3.63, 3.8) is 0 Å². The summed E-state index contributed by atoms with van der Waals surface area (Å²) in [7, 11) is 1.93. The van der Waals surface area contributed by atoms with Crippen molar-refractivity contribution < 1.29 is 9.53 Å². The van der Waals surface area contributed by atoms with Crippen molar-refractivity contribution >= 4 is 5.91 Å². The summed E-state index contributed by atoms with van der Waals surface area (Å²) in [5.41, 5.74) is 0. The van der Waals surface area contributed by atoms with E-state index in [2.05, 4.69) is 5.32 Å². The molecule has 2 fully saturated rings. The molecule has 0 aromatic rings.